The molecule has 61 heavy (non-hydrogen) atoms. The summed E-state index contributed by atoms with van der Waals surface area (Å²) in [4.78, 5) is 31.8. The van der Waals surface area contributed by atoms with Gasteiger partial charge in [0, 0.05) is 43.1 Å². The van der Waals surface area contributed by atoms with Crippen molar-refractivity contribution in [3.8, 4) is 23.3 Å². The van der Waals surface area contributed by atoms with Gasteiger partial charge < -0.3 is 41.2 Å². The van der Waals surface area contributed by atoms with Gasteiger partial charge >= 0.3 is 0 Å². The summed E-state index contributed by atoms with van der Waals surface area (Å²) in [5.74, 6) is 7.04. The number of nitrogens with one attached hydrogen (secondary N) is 2. The molecule has 328 valence electrons. The monoisotopic (exact) mass is 833 g/mol. The molecule has 0 radical (unpaired) electrons. The van der Waals surface area contributed by atoms with E-state index in [0.717, 1.165) is 65.6 Å². The van der Waals surface area contributed by atoms with Crippen LogP contribution in [0.15, 0.2) is 78.3 Å². The van der Waals surface area contributed by atoms with Crippen molar-refractivity contribution in [3.05, 3.63) is 106 Å². The first-order valence-corrected chi connectivity index (χ1v) is 22.4. The Morgan fingerprint density at radius 3 is 2.46 bits per heavy atom. The number of ether oxygens (including phenoxy) is 1. The number of nitrogens with two attached hydrogens (primary N) is 1. The molecule has 10 nitrogen and oxygen atoms in total. The minimum Gasteiger partial charge on any atom is -0.504 e. The molecule has 2 heterocycles. The summed E-state index contributed by atoms with van der Waals surface area (Å²) >= 11 is 0. The third-order valence-corrected chi connectivity index (χ3v) is 13.5. The second-order valence-corrected chi connectivity index (χ2v) is 18.0. The molecule has 10 unspecified atom stereocenters. The molecule has 1 aromatic heterocycles. The van der Waals surface area contributed by atoms with Crippen LogP contribution in [0.1, 0.15) is 125 Å². The van der Waals surface area contributed by atoms with E-state index in [0.29, 0.717) is 50.2 Å². The number of dihydropyridines is 1. The van der Waals surface area contributed by atoms with Gasteiger partial charge in [0.2, 0.25) is 0 Å². The van der Waals surface area contributed by atoms with E-state index < -0.39 is 30.1 Å². The summed E-state index contributed by atoms with van der Waals surface area (Å²) in [6, 6.07) is 15.6. The summed E-state index contributed by atoms with van der Waals surface area (Å²) in [5, 5.41) is 46.4. The van der Waals surface area contributed by atoms with Crippen molar-refractivity contribution in [2.45, 2.75) is 128 Å². The van der Waals surface area contributed by atoms with Gasteiger partial charge in [0.25, 0.3) is 0 Å². The average Bonchev–Trinajstić information content (AvgIpc) is 3.63. The number of methoxy groups -OCH3 is 1. The molecule has 10 atom stereocenters. The number of aromatic hydroxyl groups is 1. The number of rotatable bonds is 15. The summed E-state index contributed by atoms with van der Waals surface area (Å²) in [6.45, 7) is 6.49. The molecule has 1 saturated carbocycles. The summed E-state index contributed by atoms with van der Waals surface area (Å²) in [5.41, 5.74) is 12.1. The molecule has 0 amide bonds. The fourth-order valence-electron chi connectivity index (χ4n) is 10.0. The van der Waals surface area contributed by atoms with Gasteiger partial charge in [-0.05, 0) is 134 Å². The molecule has 0 spiro atoms. The summed E-state index contributed by atoms with van der Waals surface area (Å²) in [7, 11) is 1.51. The molecule has 0 saturated heterocycles. The van der Waals surface area contributed by atoms with E-state index in [-0.39, 0.29) is 59.7 Å². The van der Waals surface area contributed by atoms with Crippen molar-refractivity contribution in [3.63, 3.8) is 0 Å². The smallest absolute Gasteiger partial charge is 0.160 e. The van der Waals surface area contributed by atoms with Crippen LogP contribution < -0.4 is 15.8 Å². The van der Waals surface area contributed by atoms with Gasteiger partial charge in [-0.1, -0.05) is 68.5 Å². The van der Waals surface area contributed by atoms with Crippen molar-refractivity contribution in [1.82, 2.24) is 10.3 Å². The molecule has 10 heteroatoms. The van der Waals surface area contributed by atoms with Crippen molar-refractivity contribution >= 4 is 11.6 Å². The first kappa shape index (κ1) is 45.7. The number of carbonyl (C=O) groups excluding carboxylic acids is 2. The number of aromatic amines is 1. The number of aliphatic hydroxyl groups is 3. The standard InChI is InChI=1S/C51H67N3O7/c1-5-9-43(47(58)27-40-24-39(30-54-40)31(2)12-17-46(57)32(3)55)38-22-34(20-33-18-19-53-51(52)23-33)21-36-14-16-42(35-10-7-6-8-11-35)44-29-49(60)50(61-4)26-37(44)13-15-41(56)28-48(59)45(36)25-38/h6-8,10-11,18,23-24,26,29-32,34,36,38,42-43,45-47,53-55,57-58,60H,5,9,12-13,15,17,19-22,25,27-28,52H2,1-4H3. The average molecular weight is 834 g/mol. The van der Waals surface area contributed by atoms with Crippen LogP contribution >= 0.6 is 0 Å². The fraction of sp³-hybridized carbons (Fsp3) is 0.529. The first-order chi connectivity index (χ1) is 29.3. The highest BCUT2D eigenvalue weighted by atomic mass is 16.5. The van der Waals surface area contributed by atoms with Gasteiger partial charge in [0.05, 0.1) is 43.6 Å². The normalized spacial score (nSPS) is 24.6. The number of phenols is 1. The lowest BCUT2D eigenvalue weighted by molar-refractivity contribution is -0.130. The third kappa shape index (κ3) is 12.0. The number of allylic oxidation sites excluding steroid dienone is 2. The molecule has 2 aliphatic carbocycles. The topological polar surface area (TPSA) is 178 Å². The van der Waals surface area contributed by atoms with Crippen LogP contribution in [-0.4, -0.2) is 68.9 Å². The number of aromatic nitrogens is 1. The number of Topliss-reactive ketones (excluding diaryl/α,β-unsaturated/α-hetero) is 2. The Balaban J connectivity index is 1.37. The SMILES string of the molecule is CCCC(C(O)Cc1cc(C(C)CCC(O)C(C)O)c[nH]1)C1CC(CC2=CCNC(N)=C2)CC2C#CC(c3ccccc3)c3cc(O)c(OC)cc3CCC(=O)CC(=O)C2C1. The van der Waals surface area contributed by atoms with Crippen LogP contribution in [0, 0.1) is 41.4 Å². The molecule has 8 N–H and O–H groups in total. The summed E-state index contributed by atoms with van der Waals surface area (Å²) in [6.07, 6.45) is 10.4. The third-order valence-electron chi connectivity index (χ3n) is 13.5. The second kappa shape index (κ2) is 21.3. The van der Waals surface area contributed by atoms with E-state index in [9.17, 15) is 30.0 Å². The zero-order valence-electron chi connectivity index (χ0n) is 36.4. The fourth-order valence-corrected chi connectivity index (χ4v) is 10.0. The zero-order valence-corrected chi connectivity index (χ0v) is 36.4. The molecule has 0 bridgehead atoms. The van der Waals surface area contributed by atoms with Crippen LogP contribution in [0.25, 0.3) is 0 Å². The molecule has 3 aliphatic rings. The number of hydrogen-bond acceptors (Lipinski definition) is 9. The Hall–Kier alpha value is -4.82. The molecule has 3 aromatic rings. The molecule has 2 aromatic carbocycles. The summed E-state index contributed by atoms with van der Waals surface area (Å²) < 4.78 is 5.48. The highest BCUT2D eigenvalue weighted by Crippen LogP contribution is 2.45. The lowest BCUT2D eigenvalue weighted by Crippen LogP contribution is -2.33. The predicted molar refractivity (Wildman–Crippen MR) is 239 cm³/mol. The minimum absolute atomic E-state index is 0.00211. The van der Waals surface area contributed by atoms with E-state index in [2.05, 4.69) is 48.1 Å². The van der Waals surface area contributed by atoms with E-state index in [1.807, 2.05) is 42.6 Å². The molecular formula is C51H67N3O7. The quantitative estimate of drug-likeness (QED) is 0.0609. The first-order valence-electron chi connectivity index (χ1n) is 22.4. The van der Waals surface area contributed by atoms with Gasteiger partial charge in [-0.25, -0.2) is 0 Å². The maximum atomic E-state index is 14.6. The van der Waals surface area contributed by atoms with Crippen molar-refractivity contribution < 1.29 is 34.8 Å². The Kier molecular flexibility index (Phi) is 16.0. The molecule has 6 rings (SSSR count). The predicted octanol–water partition coefficient (Wildman–Crippen LogP) is 7.35. The number of fused-ring (bicyclic) bond motifs is 2. The van der Waals surface area contributed by atoms with E-state index >= 15 is 0 Å². The number of aliphatic hydroxyl groups excluding tert-OH is 3. The van der Waals surface area contributed by atoms with E-state index in [4.69, 9.17) is 10.5 Å². The van der Waals surface area contributed by atoms with Crippen LogP contribution in [-0.2, 0) is 22.4 Å². The van der Waals surface area contributed by atoms with Crippen LogP contribution in [0.4, 0.5) is 0 Å². The number of carbonyl (C=O) groups is 2. The Bertz CT molecular complexity index is 2080. The van der Waals surface area contributed by atoms with Gasteiger partial charge in [-0.15, -0.1) is 0 Å². The van der Waals surface area contributed by atoms with E-state index in [1.165, 1.54) is 7.11 Å². The highest BCUT2D eigenvalue weighted by Gasteiger charge is 2.41. The zero-order chi connectivity index (χ0) is 43.6. The maximum Gasteiger partial charge on any atom is 0.160 e. The van der Waals surface area contributed by atoms with E-state index in [1.54, 1.807) is 19.1 Å². The minimum atomic E-state index is -0.776. The van der Waals surface area contributed by atoms with Crippen molar-refractivity contribution in [2.75, 3.05) is 13.7 Å². The Labute approximate surface area is 362 Å². The largest absolute Gasteiger partial charge is 0.504 e. The number of H-pyrrole nitrogens is 1. The van der Waals surface area contributed by atoms with Crippen LogP contribution in [0.3, 0.4) is 0 Å². The van der Waals surface area contributed by atoms with Gasteiger partial charge in [0.1, 0.15) is 11.6 Å². The second-order valence-electron chi connectivity index (χ2n) is 18.0. The number of hydrogen-bond donors (Lipinski definition) is 7. The molecule has 1 fully saturated rings. The lowest BCUT2D eigenvalue weighted by Gasteiger charge is -2.33. The lowest BCUT2D eigenvalue weighted by atomic mass is 9.73. The van der Waals surface area contributed by atoms with Crippen LogP contribution in [0.5, 0.6) is 11.5 Å². The van der Waals surface area contributed by atoms with Gasteiger partial charge in [0.15, 0.2) is 11.5 Å². The van der Waals surface area contributed by atoms with Gasteiger partial charge in [-0.3, -0.25) is 9.59 Å². The number of aryl methyl sites for hydroxylation is 1. The number of benzene rings is 2. The molecular weight excluding hydrogens is 767 g/mol. The van der Waals surface area contributed by atoms with Crippen LogP contribution in [0.2, 0.25) is 0 Å². The van der Waals surface area contributed by atoms with Crippen molar-refractivity contribution in [1.29, 1.82) is 0 Å². The Morgan fingerprint density at radius 2 is 1.74 bits per heavy atom. The number of ketones is 2. The maximum absolute atomic E-state index is 14.6. The number of phenolic OH excluding ortho intramolecular Hbond substituents is 1. The highest BCUT2D eigenvalue weighted by molar-refractivity contribution is 6.00. The van der Waals surface area contributed by atoms with Crippen molar-refractivity contribution in [2.24, 2.45) is 35.3 Å². The van der Waals surface area contributed by atoms with Gasteiger partial charge in [-0.2, -0.15) is 0 Å². The Morgan fingerprint density at radius 1 is 0.951 bits per heavy atom. The molecule has 1 aliphatic heterocycles.